The lowest BCUT2D eigenvalue weighted by molar-refractivity contribution is 0.670. The van der Waals surface area contributed by atoms with Gasteiger partial charge in [0.1, 0.15) is 11.2 Å². The number of para-hydroxylation sites is 2. The molecule has 336 valence electrons. The molecule has 1 heterocycles. The second-order valence-electron chi connectivity index (χ2n) is 18.7. The Hall–Kier alpha value is -9.50. The van der Waals surface area contributed by atoms with Gasteiger partial charge in [0.25, 0.3) is 0 Å². The van der Waals surface area contributed by atoms with Crippen LogP contribution in [-0.4, -0.2) is 0 Å². The van der Waals surface area contributed by atoms with Crippen molar-refractivity contribution in [3.8, 4) is 55.6 Å². The quantitative estimate of drug-likeness (QED) is 0.141. The van der Waals surface area contributed by atoms with Crippen LogP contribution < -0.4 is 4.90 Å². The topological polar surface area (TPSA) is 16.4 Å². The minimum atomic E-state index is 0.899. The lowest BCUT2D eigenvalue weighted by Gasteiger charge is -2.26. The van der Waals surface area contributed by atoms with Gasteiger partial charge in [0.05, 0.1) is 0 Å². The van der Waals surface area contributed by atoms with Crippen LogP contribution in [0.4, 0.5) is 17.1 Å². The third kappa shape index (κ3) is 6.95. The first-order valence-corrected chi connectivity index (χ1v) is 24.7. The summed E-state index contributed by atoms with van der Waals surface area (Å²) in [5, 5.41) is 12.2. The highest BCUT2D eigenvalue weighted by Gasteiger charge is 2.20. The zero-order valence-corrected chi connectivity index (χ0v) is 39.3. The summed E-state index contributed by atoms with van der Waals surface area (Å²) in [5.41, 5.74) is 16.8. The molecule has 0 saturated heterocycles. The van der Waals surface area contributed by atoms with E-state index < -0.39 is 0 Å². The SMILES string of the molecule is c1ccc(-c2c(-c3ccccc3)c3cc(-c4cccc(N(c5ccc(-c6cc7ccccc7c7ccccc67)cc5)c5ccc(-c6cccc7c6oc6ccccc67)cc5)c4)ccc3c3ccccc23)cc1. The smallest absolute Gasteiger partial charge is 0.143 e. The van der Waals surface area contributed by atoms with E-state index in [9.17, 15) is 0 Å². The van der Waals surface area contributed by atoms with E-state index in [0.717, 1.165) is 61.3 Å². The van der Waals surface area contributed by atoms with Crippen molar-refractivity contribution in [3.05, 3.63) is 273 Å². The fourth-order valence-electron chi connectivity index (χ4n) is 11.3. The second-order valence-corrected chi connectivity index (χ2v) is 18.7. The van der Waals surface area contributed by atoms with Crippen LogP contribution in [0.25, 0.3) is 121 Å². The molecule has 1 aromatic heterocycles. The lowest BCUT2D eigenvalue weighted by atomic mass is 9.84. The summed E-state index contributed by atoms with van der Waals surface area (Å²) >= 11 is 0. The highest BCUT2D eigenvalue weighted by molar-refractivity contribution is 6.22. The Labute approximate surface area is 417 Å². The number of anilines is 3. The Balaban J connectivity index is 0.926. The zero-order valence-electron chi connectivity index (χ0n) is 39.3. The normalized spacial score (nSPS) is 11.6. The third-order valence-corrected chi connectivity index (χ3v) is 14.6. The summed E-state index contributed by atoms with van der Waals surface area (Å²) in [6, 6.07) is 99.3. The third-order valence-electron chi connectivity index (χ3n) is 14.6. The molecule has 0 aliphatic heterocycles. The van der Waals surface area contributed by atoms with E-state index >= 15 is 0 Å². The minimum Gasteiger partial charge on any atom is -0.455 e. The van der Waals surface area contributed by atoms with Crippen molar-refractivity contribution in [1.29, 1.82) is 0 Å². The molecule has 0 aliphatic rings. The van der Waals surface area contributed by atoms with Gasteiger partial charge in [-0.25, -0.2) is 0 Å². The van der Waals surface area contributed by atoms with Crippen LogP contribution in [0.2, 0.25) is 0 Å². The van der Waals surface area contributed by atoms with Crippen LogP contribution in [0.15, 0.2) is 277 Å². The first kappa shape index (κ1) is 41.5. The summed E-state index contributed by atoms with van der Waals surface area (Å²) in [4.78, 5) is 2.38. The Kier molecular flexibility index (Phi) is 9.89. The van der Waals surface area contributed by atoms with Crippen LogP contribution in [0.5, 0.6) is 0 Å². The highest BCUT2D eigenvalue weighted by Crippen LogP contribution is 2.47. The molecule has 2 nitrogen and oxygen atoms in total. The van der Waals surface area contributed by atoms with Crippen LogP contribution in [0.1, 0.15) is 0 Å². The molecule has 0 radical (unpaired) electrons. The summed E-state index contributed by atoms with van der Waals surface area (Å²) in [5.74, 6) is 0. The molecule has 0 bridgehead atoms. The molecular formula is C70H45NO. The Morgan fingerprint density at radius 2 is 0.722 bits per heavy atom. The number of furan rings is 1. The molecule has 0 N–H and O–H groups in total. The Morgan fingerprint density at radius 3 is 1.43 bits per heavy atom. The average molecular weight is 916 g/mol. The monoisotopic (exact) mass is 915 g/mol. The molecule has 0 atom stereocenters. The van der Waals surface area contributed by atoms with Crippen molar-refractivity contribution in [2.24, 2.45) is 0 Å². The number of hydrogen-bond donors (Lipinski definition) is 0. The van der Waals surface area contributed by atoms with E-state index in [1.807, 2.05) is 12.1 Å². The fourth-order valence-corrected chi connectivity index (χ4v) is 11.3. The molecule has 0 spiro atoms. The minimum absolute atomic E-state index is 0.899. The van der Waals surface area contributed by atoms with Crippen molar-refractivity contribution < 1.29 is 4.42 Å². The number of nitrogens with zero attached hydrogens (tertiary/aromatic N) is 1. The predicted octanol–water partition coefficient (Wildman–Crippen LogP) is 20.0. The van der Waals surface area contributed by atoms with E-state index in [-0.39, 0.29) is 0 Å². The van der Waals surface area contributed by atoms with Crippen LogP contribution in [-0.2, 0) is 0 Å². The molecule has 72 heavy (non-hydrogen) atoms. The van der Waals surface area contributed by atoms with Gasteiger partial charge in [-0.15, -0.1) is 0 Å². The van der Waals surface area contributed by atoms with Crippen LogP contribution >= 0.6 is 0 Å². The first-order chi connectivity index (χ1) is 35.7. The van der Waals surface area contributed by atoms with Gasteiger partial charge in [0.2, 0.25) is 0 Å². The van der Waals surface area contributed by atoms with Gasteiger partial charge in [-0.05, 0) is 148 Å². The van der Waals surface area contributed by atoms with Gasteiger partial charge in [-0.1, -0.05) is 218 Å². The molecule has 14 rings (SSSR count). The average Bonchev–Trinajstić information content (AvgIpc) is 3.85. The van der Waals surface area contributed by atoms with Crippen molar-refractivity contribution in [2.75, 3.05) is 4.90 Å². The summed E-state index contributed by atoms with van der Waals surface area (Å²) in [7, 11) is 0. The molecule has 0 amide bonds. The summed E-state index contributed by atoms with van der Waals surface area (Å²) < 4.78 is 6.51. The van der Waals surface area contributed by atoms with E-state index in [4.69, 9.17) is 4.42 Å². The van der Waals surface area contributed by atoms with Gasteiger partial charge in [-0.3, -0.25) is 0 Å². The number of fused-ring (bicyclic) bond motifs is 9. The predicted molar refractivity (Wildman–Crippen MR) is 306 cm³/mol. The summed E-state index contributed by atoms with van der Waals surface area (Å²) in [6.45, 7) is 0. The molecule has 0 saturated carbocycles. The largest absolute Gasteiger partial charge is 0.455 e. The molecule has 0 fully saturated rings. The van der Waals surface area contributed by atoms with Crippen LogP contribution in [0.3, 0.4) is 0 Å². The van der Waals surface area contributed by atoms with E-state index in [1.165, 1.54) is 76.5 Å². The van der Waals surface area contributed by atoms with Gasteiger partial charge in [-0.2, -0.15) is 0 Å². The van der Waals surface area contributed by atoms with Gasteiger partial charge >= 0.3 is 0 Å². The molecule has 2 heteroatoms. The van der Waals surface area contributed by atoms with E-state index in [2.05, 4.69) is 266 Å². The summed E-state index contributed by atoms with van der Waals surface area (Å²) in [6.07, 6.45) is 0. The first-order valence-electron chi connectivity index (χ1n) is 24.7. The maximum atomic E-state index is 6.51. The lowest BCUT2D eigenvalue weighted by Crippen LogP contribution is -2.10. The number of benzene rings is 13. The van der Waals surface area contributed by atoms with E-state index in [0.29, 0.717) is 0 Å². The van der Waals surface area contributed by atoms with Crippen molar-refractivity contribution in [2.45, 2.75) is 0 Å². The van der Waals surface area contributed by atoms with Gasteiger partial charge in [0.15, 0.2) is 0 Å². The number of rotatable bonds is 8. The van der Waals surface area contributed by atoms with Crippen molar-refractivity contribution >= 4 is 82.1 Å². The molecule has 0 aliphatic carbocycles. The Morgan fingerprint density at radius 1 is 0.236 bits per heavy atom. The van der Waals surface area contributed by atoms with Gasteiger partial charge < -0.3 is 9.32 Å². The zero-order chi connectivity index (χ0) is 47.5. The Bertz CT molecular complexity index is 4360. The fraction of sp³-hybridized carbons (Fsp3) is 0. The molecular weight excluding hydrogens is 871 g/mol. The molecule has 13 aromatic carbocycles. The van der Waals surface area contributed by atoms with Crippen molar-refractivity contribution in [1.82, 2.24) is 0 Å². The van der Waals surface area contributed by atoms with Crippen LogP contribution in [0, 0.1) is 0 Å². The second kappa shape index (κ2) is 17.2. The van der Waals surface area contributed by atoms with E-state index in [1.54, 1.807) is 0 Å². The van der Waals surface area contributed by atoms with Crippen molar-refractivity contribution in [3.63, 3.8) is 0 Å². The number of hydrogen-bond acceptors (Lipinski definition) is 2. The highest BCUT2D eigenvalue weighted by atomic mass is 16.3. The van der Waals surface area contributed by atoms with Gasteiger partial charge in [0, 0.05) is 33.4 Å². The maximum absolute atomic E-state index is 6.51. The molecule has 0 unspecified atom stereocenters. The molecule has 14 aromatic rings. The maximum Gasteiger partial charge on any atom is 0.143 e. The standard InChI is InChI=1S/C70H45NO/c1-3-17-48(18-4-1)68-63-29-12-11-26-59(63)61-42-37-51(44-66(61)69(68)49-19-5-2-6-20-49)50-22-15-23-55(43-50)71(53-38-33-46(34-39-53)57-30-16-31-64-62-28-13-14-32-67(62)72-70(57)64)54-40-35-47(36-41-54)65-45-52-21-7-8-24-56(52)58-25-9-10-27-60(58)65/h1-45H.